The highest BCUT2D eigenvalue weighted by atomic mass is 32.2. The second-order valence-electron chi connectivity index (χ2n) is 6.95. The normalized spacial score (nSPS) is 11.7. The molecule has 152 valence electrons. The summed E-state index contributed by atoms with van der Waals surface area (Å²) >= 11 is 1.39. The Morgan fingerprint density at radius 2 is 1.77 bits per heavy atom. The van der Waals surface area contributed by atoms with E-state index >= 15 is 0 Å². The van der Waals surface area contributed by atoms with Crippen molar-refractivity contribution >= 4 is 17.7 Å². The molecule has 0 saturated heterocycles. The molecule has 0 aliphatic carbocycles. The summed E-state index contributed by atoms with van der Waals surface area (Å²) in [7, 11) is 3.79. The molecule has 4 nitrogen and oxygen atoms in total. The lowest BCUT2D eigenvalue weighted by atomic mass is 10.1. The molecule has 0 saturated carbocycles. The Morgan fingerprint density at radius 1 is 1.07 bits per heavy atom. The van der Waals surface area contributed by atoms with E-state index in [1.165, 1.54) is 23.9 Å². The Balaban J connectivity index is 1.78. The van der Waals surface area contributed by atoms with E-state index in [1.807, 2.05) is 61.5 Å². The molecule has 0 aromatic heterocycles. The fraction of sp³-hybridized carbons (Fsp3) is 0.167. The van der Waals surface area contributed by atoms with Gasteiger partial charge in [0.15, 0.2) is 0 Å². The number of hydrogen-bond acceptors (Lipinski definition) is 4. The van der Waals surface area contributed by atoms with Crippen molar-refractivity contribution in [1.29, 1.82) is 5.26 Å². The SMILES string of the molecule is CN(C)C(CNC(=O)c1ccccc1Sc1ccccc1C#N)c1cccc(F)c1. The molecule has 0 fully saturated rings. The van der Waals surface area contributed by atoms with Crippen LogP contribution >= 0.6 is 11.8 Å². The largest absolute Gasteiger partial charge is 0.350 e. The van der Waals surface area contributed by atoms with E-state index < -0.39 is 0 Å². The Hall–Kier alpha value is -3.14. The van der Waals surface area contributed by atoms with Gasteiger partial charge in [-0.15, -0.1) is 0 Å². The lowest BCUT2D eigenvalue weighted by Crippen LogP contribution is -2.34. The van der Waals surface area contributed by atoms with Crippen LogP contribution in [0.1, 0.15) is 27.5 Å². The first kappa shape index (κ1) is 21.6. The molecule has 0 bridgehead atoms. The van der Waals surface area contributed by atoms with E-state index in [4.69, 9.17) is 0 Å². The average molecular weight is 420 g/mol. The Labute approximate surface area is 180 Å². The molecule has 0 aliphatic heterocycles. The van der Waals surface area contributed by atoms with Crippen molar-refractivity contribution in [1.82, 2.24) is 10.2 Å². The van der Waals surface area contributed by atoms with Crippen molar-refractivity contribution in [2.75, 3.05) is 20.6 Å². The topological polar surface area (TPSA) is 56.1 Å². The highest BCUT2D eigenvalue weighted by Crippen LogP contribution is 2.32. The quantitative estimate of drug-likeness (QED) is 0.593. The molecule has 1 amide bonds. The van der Waals surface area contributed by atoms with Gasteiger partial charge < -0.3 is 10.2 Å². The molecule has 1 unspecified atom stereocenters. The van der Waals surface area contributed by atoms with Gasteiger partial charge in [-0.05, 0) is 56.1 Å². The monoisotopic (exact) mass is 419 g/mol. The minimum Gasteiger partial charge on any atom is -0.350 e. The Bertz CT molecular complexity index is 1080. The molecule has 3 aromatic rings. The maximum absolute atomic E-state index is 13.6. The molecule has 0 spiro atoms. The highest BCUT2D eigenvalue weighted by Gasteiger charge is 2.18. The zero-order chi connectivity index (χ0) is 21.5. The smallest absolute Gasteiger partial charge is 0.252 e. The Kier molecular flexibility index (Phi) is 7.23. The van der Waals surface area contributed by atoms with Gasteiger partial charge in [-0.3, -0.25) is 4.79 Å². The zero-order valence-corrected chi connectivity index (χ0v) is 17.6. The van der Waals surface area contributed by atoms with E-state index in [9.17, 15) is 14.4 Å². The summed E-state index contributed by atoms with van der Waals surface area (Å²) in [6.45, 7) is 0.336. The lowest BCUT2D eigenvalue weighted by molar-refractivity contribution is 0.0939. The maximum Gasteiger partial charge on any atom is 0.252 e. The van der Waals surface area contributed by atoms with Crippen LogP contribution in [0.15, 0.2) is 82.6 Å². The van der Waals surface area contributed by atoms with Crippen molar-refractivity contribution in [3.8, 4) is 6.07 Å². The number of nitriles is 1. The van der Waals surface area contributed by atoms with E-state index in [1.54, 1.807) is 18.2 Å². The summed E-state index contributed by atoms with van der Waals surface area (Å²) in [6.07, 6.45) is 0. The summed E-state index contributed by atoms with van der Waals surface area (Å²) in [5.41, 5.74) is 1.90. The molecule has 3 aromatic carbocycles. The van der Waals surface area contributed by atoms with Gasteiger partial charge in [-0.1, -0.05) is 48.2 Å². The minimum atomic E-state index is -0.302. The number of hydrogen-bond donors (Lipinski definition) is 1. The first-order chi connectivity index (χ1) is 14.5. The molecule has 3 rings (SSSR count). The molecular formula is C24H22FN3OS. The van der Waals surface area contributed by atoms with Gasteiger partial charge in [-0.25, -0.2) is 4.39 Å². The van der Waals surface area contributed by atoms with E-state index in [0.29, 0.717) is 17.7 Å². The van der Waals surface area contributed by atoms with Crippen LogP contribution in [0.5, 0.6) is 0 Å². The molecular weight excluding hydrogens is 397 g/mol. The van der Waals surface area contributed by atoms with Gasteiger partial charge in [0.1, 0.15) is 11.9 Å². The van der Waals surface area contributed by atoms with Gasteiger partial charge in [0.05, 0.1) is 17.2 Å². The second-order valence-corrected chi connectivity index (χ2v) is 8.03. The van der Waals surface area contributed by atoms with Crippen LogP contribution in [0.4, 0.5) is 4.39 Å². The van der Waals surface area contributed by atoms with Crippen molar-refractivity contribution in [3.05, 3.63) is 95.3 Å². The van der Waals surface area contributed by atoms with E-state index in [2.05, 4.69) is 11.4 Å². The fourth-order valence-electron chi connectivity index (χ4n) is 3.11. The summed E-state index contributed by atoms with van der Waals surface area (Å²) in [5.74, 6) is -0.514. The van der Waals surface area contributed by atoms with Gasteiger partial charge in [-0.2, -0.15) is 5.26 Å². The molecule has 0 radical (unpaired) electrons. The van der Waals surface area contributed by atoms with E-state index in [-0.39, 0.29) is 17.8 Å². The molecule has 0 aliphatic rings. The number of rotatable bonds is 7. The number of nitrogens with one attached hydrogen (secondary N) is 1. The summed E-state index contributed by atoms with van der Waals surface area (Å²) in [6, 6.07) is 23.0. The third-order valence-electron chi connectivity index (χ3n) is 4.67. The maximum atomic E-state index is 13.6. The van der Waals surface area contributed by atoms with Crippen LogP contribution < -0.4 is 5.32 Å². The molecule has 6 heteroatoms. The summed E-state index contributed by atoms with van der Waals surface area (Å²) in [4.78, 5) is 16.5. The minimum absolute atomic E-state index is 0.163. The van der Waals surface area contributed by atoms with Crippen molar-refractivity contribution in [2.45, 2.75) is 15.8 Å². The number of carbonyl (C=O) groups is 1. The first-order valence-electron chi connectivity index (χ1n) is 9.45. The zero-order valence-electron chi connectivity index (χ0n) is 16.8. The predicted octanol–water partition coefficient (Wildman–Crippen LogP) is 4.88. The number of likely N-dealkylation sites (N-methyl/N-ethyl adjacent to an activating group) is 1. The van der Waals surface area contributed by atoms with Gasteiger partial charge in [0.25, 0.3) is 5.91 Å². The lowest BCUT2D eigenvalue weighted by Gasteiger charge is -2.25. The van der Waals surface area contributed by atoms with Crippen LogP contribution in [0, 0.1) is 17.1 Å². The van der Waals surface area contributed by atoms with E-state index in [0.717, 1.165) is 15.4 Å². The van der Waals surface area contributed by atoms with Crippen molar-refractivity contribution < 1.29 is 9.18 Å². The first-order valence-corrected chi connectivity index (χ1v) is 10.3. The van der Waals surface area contributed by atoms with Crippen LogP contribution in [0.2, 0.25) is 0 Å². The van der Waals surface area contributed by atoms with Crippen LogP contribution in [-0.4, -0.2) is 31.4 Å². The third kappa shape index (κ3) is 5.26. The summed E-state index contributed by atoms with van der Waals surface area (Å²) < 4.78 is 13.6. The standard InChI is InChI=1S/C24H22FN3OS/c1-28(2)21(17-9-7-10-19(25)14-17)16-27-24(29)20-11-4-6-13-23(20)30-22-12-5-3-8-18(22)15-26/h3-14,21H,16H2,1-2H3,(H,27,29). The number of nitrogens with zero attached hydrogens (tertiary/aromatic N) is 2. The van der Waals surface area contributed by atoms with Crippen LogP contribution in [-0.2, 0) is 0 Å². The third-order valence-corrected chi connectivity index (χ3v) is 5.82. The van der Waals surface area contributed by atoms with Crippen molar-refractivity contribution in [3.63, 3.8) is 0 Å². The number of benzene rings is 3. The van der Waals surface area contributed by atoms with Crippen molar-refractivity contribution in [2.24, 2.45) is 0 Å². The van der Waals surface area contributed by atoms with Crippen LogP contribution in [0.25, 0.3) is 0 Å². The van der Waals surface area contributed by atoms with Gasteiger partial charge in [0.2, 0.25) is 0 Å². The number of halogens is 1. The average Bonchev–Trinajstić information content (AvgIpc) is 2.74. The fourth-order valence-corrected chi connectivity index (χ4v) is 4.13. The van der Waals surface area contributed by atoms with Gasteiger partial charge >= 0.3 is 0 Å². The number of carbonyl (C=O) groups excluding carboxylic acids is 1. The predicted molar refractivity (Wildman–Crippen MR) is 117 cm³/mol. The van der Waals surface area contributed by atoms with Crippen LogP contribution in [0.3, 0.4) is 0 Å². The highest BCUT2D eigenvalue weighted by molar-refractivity contribution is 7.99. The molecule has 1 N–H and O–H groups in total. The number of amides is 1. The molecule has 1 atom stereocenters. The molecule has 0 heterocycles. The second kappa shape index (κ2) is 10.1. The summed E-state index contributed by atoms with van der Waals surface area (Å²) in [5, 5.41) is 12.3. The van der Waals surface area contributed by atoms with Gasteiger partial charge in [0, 0.05) is 16.3 Å². The molecule has 30 heavy (non-hydrogen) atoms. The Morgan fingerprint density at radius 3 is 2.47 bits per heavy atom.